The van der Waals surface area contributed by atoms with Crippen LogP contribution < -0.4 is 16.4 Å². The normalized spacial score (nSPS) is 11.1. The van der Waals surface area contributed by atoms with Crippen LogP contribution in [0.2, 0.25) is 0 Å². The number of anilines is 1. The number of halogens is 1. The minimum Gasteiger partial charge on any atom is -0.385 e. The van der Waals surface area contributed by atoms with Crippen LogP contribution in [0.1, 0.15) is 24.4 Å². The Balaban J connectivity index is 0.00000338. The number of hydrogen-bond donors (Lipinski definition) is 3. The van der Waals surface area contributed by atoms with Gasteiger partial charge in [-0.3, -0.25) is 14.9 Å². The molecule has 0 aliphatic rings. The smallest absolute Gasteiger partial charge is 0.269 e. The average Bonchev–Trinajstić information content (AvgIpc) is 2.64. The maximum atomic E-state index is 11.8. The standard InChI is InChI=1S/C18H22N4O3.ClH/c19-17(14-5-2-1-3-6-14)13-21-18(23)7-4-12-20-15-8-10-16(11-9-15)22(24)25;/h1-3,5-6,8-11,17,20H,4,7,12-13,19H2,(H,21,23);1H. The van der Waals surface area contributed by atoms with Crippen LogP contribution in [0.3, 0.4) is 0 Å². The Morgan fingerprint density at radius 3 is 2.38 bits per heavy atom. The van der Waals surface area contributed by atoms with Crippen molar-refractivity contribution in [1.29, 1.82) is 0 Å². The number of rotatable bonds is 9. The zero-order valence-corrected chi connectivity index (χ0v) is 15.1. The number of nitro benzene ring substituents is 1. The van der Waals surface area contributed by atoms with Gasteiger partial charge in [-0.05, 0) is 24.1 Å². The SMILES string of the molecule is Cl.NC(CNC(=O)CCCNc1ccc([N+](=O)[O-])cc1)c1ccccc1. The van der Waals surface area contributed by atoms with E-state index in [4.69, 9.17) is 5.73 Å². The van der Waals surface area contributed by atoms with Crippen molar-refractivity contribution in [3.63, 3.8) is 0 Å². The van der Waals surface area contributed by atoms with Crippen molar-refractivity contribution >= 4 is 29.7 Å². The molecule has 8 heteroatoms. The van der Waals surface area contributed by atoms with E-state index in [9.17, 15) is 14.9 Å². The fourth-order valence-electron chi connectivity index (χ4n) is 2.31. The van der Waals surface area contributed by atoms with Crippen molar-refractivity contribution in [2.75, 3.05) is 18.4 Å². The molecule has 0 saturated carbocycles. The first-order chi connectivity index (χ1) is 12.1. The Bertz CT molecular complexity index is 695. The molecule has 0 bridgehead atoms. The van der Waals surface area contributed by atoms with Crippen molar-refractivity contribution in [3.05, 3.63) is 70.3 Å². The lowest BCUT2D eigenvalue weighted by Crippen LogP contribution is -2.31. The topological polar surface area (TPSA) is 110 Å². The molecule has 0 fully saturated rings. The highest BCUT2D eigenvalue weighted by Gasteiger charge is 2.08. The lowest BCUT2D eigenvalue weighted by atomic mass is 10.1. The second-order valence-corrected chi connectivity index (χ2v) is 5.66. The highest BCUT2D eigenvalue weighted by molar-refractivity contribution is 5.85. The molecule has 7 nitrogen and oxygen atoms in total. The van der Waals surface area contributed by atoms with Gasteiger partial charge in [0.15, 0.2) is 0 Å². The highest BCUT2D eigenvalue weighted by atomic mass is 35.5. The number of nitrogens with zero attached hydrogens (tertiary/aromatic N) is 1. The minimum atomic E-state index is -0.436. The number of benzene rings is 2. The Kier molecular flexibility index (Phi) is 9.11. The fraction of sp³-hybridized carbons (Fsp3) is 0.278. The van der Waals surface area contributed by atoms with E-state index in [1.165, 1.54) is 12.1 Å². The summed E-state index contributed by atoms with van der Waals surface area (Å²) in [6.07, 6.45) is 1.05. The quantitative estimate of drug-likeness (QED) is 0.353. The molecular weight excluding hydrogens is 356 g/mol. The molecule has 4 N–H and O–H groups in total. The molecule has 140 valence electrons. The minimum absolute atomic E-state index is 0. The fourth-order valence-corrected chi connectivity index (χ4v) is 2.31. The van der Waals surface area contributed by atoms with Gasteiger partial charge < -0.3 is 16.4 Å². The number of non-ortho nitro benzene ring substituents is 1. The third-order valence-electron chi connectivity index (χ3n) is 3.73. The molecule has 2 aromatic carbocycles. The predicted octanol–water partition coefficient (Wildman–Crippen LogP) is 3.02. The first-order valence-electron chi connectivity index (χ1n) is 8.12. The number of carbonyl (C=O) groups excluding carboxylic acids is 1. The van der Waals surface area contributed by atoms with Crippen LogP contribution in [0.25, 0.3) is 0 Å². The number of amides is 1. The molecule has 0 aliphatic carbocycles. The number of nitro groups is 1. The zero-order chi connectivity index (χ0) is 18.1. The van der Waals surface area contributed by atoms with E-state index in [0.29, 0.717) is 25.9 Å². The summed E-state index contributed by atoms with van der Waals surface area (Å²) < 4.78 is 0. The van der Waals surface area contributed by atoms with Gasteiger partial charge in [-0.15, -0.1) is 12.4 Å². The summed E-state index contributed by atoms with van der Waals surface area (Å²) in [4.78, 5) is 22.0. The summed E-state index contributed by atoms with van der Waals surface area (Å²) >= 11 is 0. The molecule has 0 aromatic heterocycles. The van der Waals surface area contributed by atoms with Gasteiger partial charge >= 0.3 is 0 Å². The molecule has 1 amide bonds. The molecule has 1 atom stereocenters. The van der Waals surface area contributed by atoms with Crippen LogP contribution in [0.4, 0.5) is 11.4 Å². The molecule has 2 aromatic rings. The number of nitrogens with two attached hydrogens (primary N) is 1. The summed E-state index contributed by atoms with van der Waals surface area (Å²) in [5.74, 6) is -0.0446. The molecule has 0 spiro atoms. The monoisotopic (exact) mass is 378 g/mol. The van der Waals surface area contributed by atoms with Crippen LogP contribution >= 0.6 is 12.4 Å². The van der Waals surface area contributed by atoms with E-state index < -0.39 is 4.92 Å². The lowest BCUT2D eigenvalue weighted by Gasteiger charge is -2.13. The summed E-state index contributed by atoms with van der Waals surface area (Å²) in [6.45, 7) is 1.01. The van der Waals surface area contributed by atoms with Gasteiger partial charge in [-0.1, -0.05) is 30.3 Å². The van der Waals surface area contributed by atoms with Crippen molar-refractivity contribution in [1.82, 2.24) is 5.32 Å². The van der Waals surface area contributed by atoms with Crippen LogP contribution in [-0.4, -0.2) is 23.9 Å². The van der Waals surface area contributed by atoms with Crippen LogP contribution in [0.15, 0.2) is 54.6 Å². The Morgan fingerprint density at radius 2 is 1.77 bits per heavy atom. The molecule has 0 heterocycles. The van der Waals surface area contributed by atoms with Crippen LogP contribution in [0, 0.1) is 10.1 Å². The van der Waals surface area contributed by atoms with Crippen molar-refractivity contribution < 1.29 is 9.72 Å². The molecule has 0 saturated heterocycles. The summed E-state index contributed by atoms with van der Waals surface area (Å²) in [5, 5.41) is 16.5. The van der Waals surface area contributed by atoms with Gasteiger partial charge in [-0.2, -0.15) is 0 Å². The third-order valence-corrected chi connectivity index (χ3v) is 3.73. The molecule has 26 heavy (non-hydrogen) atoms. The Hall–Kier alpha value is -2.64. The van der Waals surface area contributed by atoms with E-state index >= 15 is 0 Å². The first-order valence-corrected chi connectivity index (χ1v) is 8.12. The zero-order valence-electron chi connectivity index (χ0n) is 14.3. The largest absolute Gasteiger partial charge is 0.385 e. The van der Waals surface area contributed by atoms with Crippen LogP contribution in [0.5, 0.6) is 0 Å². The van der Waals surface area contributed by atoms with E-state index in [2.05, 4.69) is 10.6 Å². The number of carbonyl (C=O) groups is 1. The maximum Gasteiger partial charge on any atom is 0.269 e. The summed E-state index contributed by atoms with van der Waals surface area (Å²) in [7, 11) is 0. The van der Waals surface area contributed by atoms with Gasteiger partial charge in [0.1, 0.15) is 0 Å². The van der Waals surface area contributed by atoms with Gasteiger partial charge in [0.25, 0.3) is 5.69 Å². The summed E-state index contributed by atoms with van der Waals surface area (Å²) in [5.41, 5.74) is 7.87. The Morgan fingerprint density at radius 1 is 1.12 bits per heavy atom. The van der Waals surface area contributed by atoms with Crippen LogP contribution in [-0.2, 0) is 4.79 Å². The Labute approximate surface area is 158 Å². The van der Waals surface area contributed by atoms with Crippen molar-refractivity contribution in [3.8, 4) is 0 Å². The van der Waals surface area contributed by atoms with E-state index in [1.807, 2.05) is 30.3 Å². The molecular formula is C18H23ClN4O3. The van der Waals surface area contributed by atoms with E-state index in [1.54, 1.807) is 12.1 Å². The average molecular weight is 379 g/mol. The second-order valence-electron chi connectivity index (χ2n) is 5.66. The maximum absolute atomic E-state index is 11.8. The summed E-state index contributed by atoms with van der Waals surface area (Å²) in [6, 6.07) is 15.6. The van der Waals surface area contributed by atoms with Gasteiger partial charge in [0.05, 0.1) is 4.92 Å². The first kappa shape index (κ1) is 21.4. The molecule has 2 rings (SSSR count). The van der Waals surface area contributed by atoms with E-state index in [0.717, 1.165) is 11.3 Å². The predicted molar refractivity (Wildman–Crippen MR) is 104 cm³/mol. The van der Waals surface area contributed by atoms with Crippen molar-refractivity contribution in [2.45, 2.75) is 18.9 Å². The molecule has 0 aliphatic heterocycles. The van der Waals surface area contributed by atoms with Gasteiger partial charge in [0.2, 0.25) is 5.91 Å². The van der Waals surface area contributed by atoms with Gasteiger partial charge in [-0.25, -0.2) is 0 Å². The molecule has 1 unspecified atom stereocenters. The highest BCUT2D eigenvalue weighted by Crippen LogP contribution is 2.15. The number of hydrogen-bond acceptors (Lipinski definition) is 5. The van der Waals surface area contributed by atoms with Gasteiger partial charge in [0, 0.05) is 43.4 Å². The van der Waals surface area contributed by atoms with Crippen molar-refractivity contribution in [2.24, 2.45) is 5.73 Å². The number of nitrogens with one attached hydrogen (secondary N) is 2. The van der Waals surface area contributed by atoms with E-state index in [-0.39, 0.29) is 30.0 Å². The molecule has 0 radical (unpaired) electrons. The lowest BCUT2D eigenvalue weighted by molar-refractivity contribution is -0.384. The third kappa shape index (κ3) is 7.08. The second kappa shape index (κ2) is 11.1.